The molecule has 0 saturated carbocycles. The van der Waals surface area contributed by atoms with E-state index in [1.165, 1.54) is 23.1 Å². The summed E-state index contributed by atoms with van der Waals surface area (Å²) in [4.78, 5) is 20.6. The number of carbonyl (C=O) groups excluding carboxylic acids is 1. The minimum Gasteiger partial charge on any atom is -0.382 e. The van der Waals surface area contributed by atoms with Gasteiger partial charge < -0.3 is 5.73 Å². The van der Waals surface area contributed by atoms with E-state index in [-0.39, 0.29) is 11.6 Å². The predicted molar refractivity (Wildman–Crippen MR) is 66.0 cm³/mol. The van der Waals surface area contributed by atoms with Crippen LogP contribution >= 0.6 is 23.1 Å². The molecule has 0 radical (unpaired) electrons. The van der Waals surface area contributed by atoms with Crippen LogP contribution in [0.5, 0.6) is 0 Å². The van der Waals surface area contributed by atoms with E-state index in [4.69, 9.17) is 5.73 Å². The normalized spacial score (nSPS) is 10.3. The topological polar surface area (TPSA) is 68.9 Å². The lowest BCUT2D eigenvalue weighted by Gasteiger charge is -1.96. The molecule has 0 aliphatic carbocycles. The number of thioether (sulfide) groups is 1. The summed E-state index contributed by atoms with van der Waals surface area (Å²) in [5.41, 5.74) is 6.09. The Kier molecular flexibility index (Phi) is 3.21. The number of nitrogens with zero attached hydrogens (tertiary/aromatic N) is 2. The second kappa shape index (κ2) is 4.63. The highest BCUT2D eigenvalue weighted by molar-refractivity contribution is 8.00. The molecule has 2 aromatic heterocycles. The van der Waals surface area contributed by atoms with E-state index in [1.807, 2.05) is 6.26 Å². The van der Waals surface area contributed by atoms with Gasteiger partial charge in [-0.25, -0.2) is 4.98 Å². The zero-order valence-corrected chi connectivity index (χ0v) is 10.1. The molecule has 0 unspecified atom stereocenters. The zero-order chi connectivity index (χ0) is 11.5. The average Bonchev–Trinajstić information content (AvgIpc) is 2.71. The van der Waals surface area contributed by atoms with Crippen molar-refractivity contribution in [1.82, 2.24) is 9.97 Å². The van der Waals surface area contributed by atoms with Gasteiger partial charge in [-0.15, -0.1) is 11.3 Å². The predicted octanol–water partition coefficient (Wildman–Crippen LogP) is 2.07. The maximum atomic E-state index is 12.0. The maximum absolute atomic E-state index is 12.0. The number of anilines is 1. The summed E-state index contributed by atoms with van der Waals surface area (Å²) in [6.07, 6.45) is 3.48. The summed E-state index contributed by atoms with van der Waals surface area (Å²) in [5, 5.41) is 0. The van der Waals surface area contributed by atoms with E-state index in [1.54, 1.807) is 24.4 Å². The molecule has 0 fully saturated rings. The number of rotatable bonds is 3. The number of carbonyl (C=O) groups is 1. The summed E-state index contributed by atoms with van der Waals surface area (Å²) in [6, 6.07) is 5.20. The Bertz CT molecular complexity index is 510. The molecule has 16 heavy (non-hydrogen) atoms. The third-order valence-corrected chi connectivity index (χ3v) is 3.97. The first-order chi connectivity index (χ1) is 7.72. The van der Waals surface area contributed by atoms with E-state index in [2.05, 4.69) is 9.97 Å². The number of nitrogen functional groups attached to an aromatic ring is 1. The molecule has 6 heteroatoms. The Balaban J connectivity index is 2.38. The van der Waals surface area contributed by atoms with Crippen molar-refractivity contribution in [2.24, 2.45) is 0 Å². The first-order valence-electron chi connectivity index (χ1n) is 4.48. The number of thiazole rings is 1. The molecule has 0 saturated heterocycles. The van der Waals surface area contributed by atoms with Crippen molar-refractivity contribution in [2.45, 2.75) is 4.34 Å². The number of ketones is 1. The van der Waals surface area contributed by atoms with E-state index < -0.39 is 0 Å². The standard InChI is InChI=1S/C10H9N3OS2/c1-15-10-13-9(11)8(16-10)7(14)6-4-2-3-5-12-6/h2-5H,11H2,1H3. The van der Waals surface area contributed by atoms with Crippen molar-refractivity contribution in [3.8, 4) is 0 Å². The summed E-state index contributed by atoms with van der Waals surface area (Å²) < 4.78 is 0.789. The van der Waals surface area contributed by atoms with Crippen molar-refractivity contribution in [2.75, 3.05) is 12.0 Å². The van der Waals surface area contributed by atoms with E-state index in [0.717, 1.165) is 4.34 Å². The van der Waals surface area contributed by atoms with Gasteiger partial charge in [0.2, 0.25) is 5.78 Å². The molecular formula is C10H9N3OS2. The smallest absolute Gasteiger partial charge is 0.225 e. The van der Waals surface area contributed by atoms with Crippen LogP contribution in [-0.4, -0.2) is 22.0 Å². The lowest BCUT2D eigenvalue weighted by atomic mass is 10.2. The number of aromatic nitrogens is 2. The van der Waals surface area contributed by atoms with Crippen LogP contribution in [0.4, 0.5) is 5.82 Å². The molecule has 2 aromatic rings. The summed E-state index contributed by atoms with van der Waals surface area (Å²) >= 11 is 2.77. The van der Waals surface area contributed by atoms with Crippen LogP contribution in [0.1, 0.15) is 15.4 Å². The lowest BCUT2D eigenvalue weighted by Crippen LogP contribution is -2.04. The monoisotopic (exact) mass is 251 g/mol. The number of hydrogen-bond acceptors (Lipinski definition) is 6. The van der Waals surface area contributed by atoms with Gasteiger partial charge in [0.25, 0.3) is 0 Å². The SMILES string of the molecule is CSc1nc(N)c(C(=O)c2ccccn2)s1. The van der Waals surface area contributed by atoms with Crippen molar-refractivity contribution in [3.05, 3.63) is 35.0 Å². The minimum atomic E-state index is -0.170. The Morgan fingerprint density at radius 1 is 1.50 bits per heavy atom. The summed E-state index contributed by atoms with van der Waals surface area (Å²) in [5.74, 6) is 0.112. The third-order valence-electron chi connectivity index (χ3n) is 1.91. The highest BCUT2D eigenvalue weighted by Crippen LogP contribution is 2.28. The van der Waals surface area contributed by atoms with Crippen molar-refractivity contribution < 1.29 is 4.79 Å². The van der Waals surface area contributed by atoms with Crippen LogP contribution in [-0.2, 0) is 0 Å². The van der Waals surface area contributed by atoms with Gasteiger partial charge in [-0.3, -0.25) is 9.78 Å². The Morgan fingerprint density at radius 2 is 2.31 bits per heavy atom. The van der Waals surface area contributed by atoms with Crippen LogP contribution in [0.25, 0.3) is 0 Å². The van der Waals surface area contributed by atoms with Gasteiger partial charge in [-0.05, 0) is 18.4 Å². The highest BCUT2D eigenvalue weighted by atomic mass is 32.2. The molecule has 0 aliphatic rings. The molecule has 0 aliphatic heterocycles. The average molecular weight is 251 g/mol. The molecule has 0 amide bonds. The van der Waals surface area contributed by atoms with Gasteiger partial charge in [-0.2, -0.15) is 0 Å². The van der Waals surface area contributed by atoms with Crippen molar-refractivity contribution >= 4 is 34.7 Å². The van der Waals surface area contributed by atoms with Crippen LogP contribution in [0.15, 0.2) is 28.7 Å². The Morgan fingerprint density at radius 3 is 2.88 bits per heavy atom. The molecule has 4 nitrogen and oxygen atoms in total. The quantitative estimate of drug-likeness (QED) is 0.668. The lowest BCUT2D eigenvalue weighted by molar-refractivity contribution is 0.103. The first kappa shape index (κ1) is 11.1. The number of pyridine rings is 1. The van der Waals surface area contributed by atoms with E-state index >= 15 is 0 Å². The molecule has 0 aromatic carbocycles. The molecular weight excluding hydrogens is 242 g/mol. The number of nitrogens with two attached hydrogens (primary N) is 1. The fraction of sp³-hybridized carbons (Fsp3) is 0.100. The van der Waals surface area contributed by atoms with E-state index in [0.29, 0.717) is 10.6 Å². The molecule has 0 atom stereocenters. The number of hydrogen-bond donors (Lipinski definition) is 1. The van der Waals surface area contributed by atoms with Gasteiger partial charge >= 0.3 is 0 Å². The van der Waals surface area contributed by atoms with Crippen LogP contribution in [0, 0.1) is 0 Å². The zero-order valence-electron chi connectivity index (χ0n) is 8.51. The van der Waals surface area contributed by atoms with Crippen molar-refractivity contribution in [1.29, 1.82) is 0 Å². The third kappa shape index (κ3) is 2.07. The Hall–Kier alpha value is -1.40. The van der Waals surface area contributed by atoms with Gasteiger partial charge in [0, 0.05) is 6.20 Å². The molecule has 2 N–H and O–H groups in total. The van der Waals surface area contributed by atoms with Gasteiger partial charge in [0.15, 0.2) is 4.34 Å². The van der Waals surface area contributed by atoms with Crippen molar-refractivity contribution in [3.63, 3.8) is 0 Å². The molecule has 2 rings (SSSR count). The van der Waals surface area contributed by atoms with Gasteiger partial charge in [-0.1, -0.05) is 17.8 Å². The van der Waals surface area contributed by atoms with Crippen LogP contribution in [0.3, 0.4) is 0 Å². The largest absolute Gasteiger partial charge is 0.382 e. The molecule has 0 bridgehead atoms. The molecule has 2 heterocycles. The summed E-state index contributed by atoms with van der Waals surface area (Å²) in [7, 11) is 0. The van der Waals surface area contributed by atoms with Crippen LogP contribution < -0.4 is 5.73 Å². The summed E-state index contributed by atoms with van der Waals surface area (Å²) in [6.45, 7) is 0. The van der Waals surface area contributed by atoms with E-state index in [9.17, 15) is 4.79 Å². The van der Waals surface area contributed by atoms with Gasteiger partial charge in [0.05, 0.1) is 0 Å². The Labute approximate surface area is 101 Å². The first-order valence-corrected chi connectivity index (χ1v) is 6.52. The van der Waals surface area contributed by atoms with Crippen LogP contribution in [0.2, 0.25) is 0 Å². The molecule has 82 valence electrons. The molecule has 0 spiro atoms. The minimum absolute atomic E-state index is 0.170. The fourth-order valence-corrected chi connectivity index (χ4v) is 2.61. The highest BCUT2D eigenvalue weighted by Gasteiger charge is 2.18. The maximum Gasteiger partial charge on any atom is 0.225 e. The fourth-order valence-electron chi connectivity index (χ4n) is 1.17. The second-order valence-corrected chi connectivity index (χ2v) is 4.99. The second-order valence-electron chi connectivity index (χ2n) is 2.94. The van der Waals surface area contributed by atoms with Gasteiger partial charge in [0.1, 0.15) is 16.4 Å².